The van der Waals surface area contributed by atoms with Crippen LogP contribution < -0.4 is 10.6 Å². The second kappa shape index (κ2) is 8.08. The van der Waals surface area contributed by atoms with Crippen LogP contribution in [-0.4, -0.2) is 15.6 Å². The summed E-state index contributed by atoms with van der Waals surface area (Å²) in [6.45, 7) is 0. The summed E-state index contributed by atoms with van der Waals surface area (Å²) >= 11 is 3.58. The van der Waals surface area contributed by atoms with Crippen molar-refractivity contribution in [3.05, 3.63) is 60.7 Å². The number of hydrogen-bond donors (Lipinski definition) is 0. The monoisotopic (exact) mass is 398 g/mol. The predicted molar refractivity (Wildman–Crippen MR) is 98.1 cm³/mol. The van der Waals surface area contributed by atoms with Crippen LogP contribution in [0, 0.1) is 0 Å². The van der Waals surface area contributed by atoms with Crippen molar-refractivity contribution in [2.75, 3.05) is 5.49 Å². The van der Waals surface area contributed by atoms with E-state index >= 15 is 0 Å². The van der Waals surface area contributed by atoms with Crippen LogP contribution in [0.3, 0.4) is 0 Å². The van der Waals surface area contributed by atoms with Gasteiger partial charge in [0.2, 0.25) is 0 Å². The zero-order valence-electron chi connectivity index (χ0n) is 10.3. The molecule has 0 saturated carbocycles. The van der Waals surface area contributed by atoms with Gasteiger partial charge < -0.3 is 0 Å². The van der Waals surface area contributed by atoms with Gasteiger partial charge in [-0.15, -0.1) is 22.4 Å². The third kappa shape index (κ3) is 4.62. The molecular weight excluding hydrogens is 385 g/mol. The van der Waals surface area contributed by atoms with E-state index in [9.17, 15) is 4.79 Å². The molecule has 2 aromatic rings. The number of rotatable bonds is 5. The summed E-state index contributed by atoms with van der Waals surface area (Å²) in [5, 5.41) is 3.50. The molecule has 0 spiro atoms. The maximum atomic E-state index is 11.5. The zero-order chi connectivity index (χ0) is 13.5. The van der Waals surface area contributed by atoms with E-state index in [0.29, 0.717) is 5.14 Å². The fraction of sp³-hybridized carbons (Fsp3) is 0.0714. The van der Waals surface area contributed by atoms with Crippen LogP contribution in [0.4, 0.5) is 4.79 Å². The fourth-order valence-electron chi connectivity index (χ4n) is 1.69. The Bertz CT molecular complexity index is 484. The summed E-state index contributed by atoms with van der Waals surface area (Å²) in [6.07, 6.45) is 0. The SMILES string of the molecule is O=C(BI)SCP(c1ccccc1)c1ccccc1. The molecule has 0 aliphatic rings. The van der Waals surface area contributed by atoms with Gasteiger partial charge >= 0.3 is 0 Å². The quantitative estimate of drug-likeness (QED) is 0.434. The molecule has 0 amide bonds. The van der Waals surface area contributed by atoms with Gasteiger partial charge in [-0.25, -0.2) is 0 Å². The standard InChI is InChI=1S/C14H13BIOPS/c16-15-14(17)19-11-18(12-7-3-1-4-8-12)13-9-5-2-6-10-13/h1-10,15H,11H2. The molecule has 0 saturated heterocycles. The van der Waals surface area contributed by atoms with Crippen LogP contribution >= 0.6 is 42.1 Å². The van der Waals surface area contributed by atoms with Crippen LogP contribution in [0.1, 0.15) is 0 Å². The molecule has 1 nitrogen and oxygen atoms in total. The fourth-order valence-corrected chi connectivity index (χ4v) is 6.07. The Morgan fingerprint density at radius 1 is 1.00 bits per heavy atom. The average molecular weight is 398 g/mol. The van der Waals surface area contributed by atoms with Gasteiger partial charge in [-0.1, -0.05) is 72.4 Å². The van der Waals surface area contributed by atoms with Gasteiger partial charge in [0.25, 0.3) is 5.14 Å². The number of carbonyl (C=O) groups excluding carboxylic acids is 1. The Morgan fingerprint density at radius 2 is 1.47 bits per heavy atom. The highest BCUT2D eigenvalue weighted by Crippen LogP contribution is 2.37. The molecular formula is C14H13BIOPS. The van der Waals surface area contributed by atoms with Crippen LogP contribution in [0.25, 0.3) is 0 Å². The van der Waals surface area contributed by atoms with Gasteiger partial charge in [-0.05, 0) is 18.5 Å². The van der Waals surface area contributed by atoms with E-state index < -0.39 is 7.92 Å². The summed E-state index contributed by atoms with van der Waals surface area (Å²) in [6, 6.07) is 21.0. The van der Waals surface area contributed by atoms with Crippen molar-refractivity contribution in [3.8, 4) is 0 Å². The molecule has 96 valence electrons. The molecule has 0 aliphatic carbocycles. The first-order valence-corrected chi connectivity index (χ1v) is 9.94. The van der Waals surface area contributed by atoms with Crippen LogP contribution in [0.2, 0.25) is 0 Å². The first-order valence-electron chi connectivity index (χ1n) is 5.90. The van der Waals surface area contributed by atoms with Crippen molar-refractivity contribution in [3.63, 3.8) is 0 Å². The lowest BCUT2D eigenvalue weighted by atomic mass is 10.2. The van der Waals surface area contributed by atoms with Gasteiger partial charge in [0.15, 0.2) is 5.01 Å². The Balaban J connectivity index is 2.21. The number of carbonyl (C=O) groups is 1. The van der Waals surface area contributed by atoms with Gasteiger partial charge in [0.1, 0.15) is 0 Å². The Morgan fingerprint density at radius 3 is 1.89 bits per heavy atom. The minimum atomic E-state index is -0.450. The summed E-state index contributed by atoms with van der Waals surface area (Å²) in [7, 11) is -0.450. The van der Waals surface area contributed by atoms with Crippen LogP contribution in [0.5, 0.6) is 0 Å². The first kappa shape index (κ1) is 15.1. The Hall–Kier alpha value is -0.315. The summed E-state index contributed by atoms with van der Waals surface area (Å²) in [4.78, 5) is 11.5. The second-order valence-corrected chi connectivity index (χ2v) is 8.31. The van der Waals surface area contributed by atoms with Gasteiger partial charge in [0, 0.05) is 5.49 Å². The van der Waals surface area contributed by atoms with Crippen molar-refractivity contribution >= 4 is 62.8 Å². The van der Waals surface area contributed by atoms with E-state index in [2.05, 4.69) is 70.9 Å². The maximum Gasteiger partial charge on any atom is 0.293 e. The highest BCUT2D eigenvalue weighted by molar-refractivity contribution is 14.1. The molecule has 0 atom stereocenters. The van der Waals surface area contributed by atoms with Crippen LogP contribution in [-0.2, 0) is 0 Å². The molecule has 0 aliphatic heterocycles. The number of benzene rings is 2. The molecule has 0 fully saturated rings. The van der Waals surface area contributed by atoms with E-state index in [1.165, 1.54) is 22.4 Å². The van der Waals surface area contributed by atoms with E-state index in [4.69, 9.17) is 0 Å². The van der Waals surface area contributed by atoms with Gasteiger partial charge in [-0.3, -0.25) is 4.79 Å². The minimum absolute atomic E-state index is 0.264. The minimum Gasteiger partial charge on any atom is -0.298 e. The Kier molecular flexibility index (Phi) is 6.41. The molecule has 0 radical (unpaired) electrons. The summed E-state index contributed by atoms with van der Waals surface area (Å²) in [5.74, 6) is 0. The first-order chi connectivity index (χ1) is 9.31. The van der Waals surface area contributed by atoms with Crippen molar-refractivity contribution in [2.24, 2.45) is 0 Å². The van der Waals surface area contributed by atoms with E-state index in [1.54, 1.807) is 0 Å². The largest absolute Gasteiger partial charge is 0.298 e. The summed E-state index contributed by atoms with van der Waals surface area (Å²) < 4.78 is 0. The molecule has 2 aromatic carbocycles. The van der Waals surface area contributed by atoms with Gasteiger partial charge in [0.05, 0.1) is 0 Å². The number of hydrogen-bond acceptors (Lipinski definition) is 2. The lowest BCUT2D eigenvalue weighted by Crippen LogP contribution is -2.13. The molecule has 0 aromatic heterocycles. The molecule has 5 heteroatoms. The Labute approximate surface area is 133 Å². The smallest absolute Gasteiger partial charge is 0.293 e. The highest BCUT2D eigenvalue weighted by atomic mass is 127. The number of thioether (sulfide) groups is 1. The normalized spacial score (nSPS) is 10.4. The molecule has 0 N–H and O–H groups in total. The number of halogens is 1. The zero-order valence-corrected chi connectivity index (χ0v) is 14.2. The predicted octanol–water partition coefficient (Wildman–Crippen LogP) is 3.72. The molecule has 0 bridgehead atoms. The van der Waals surface area contributed by atoms with Crippen molar-refractivity contribution in [1.82, 2.24) is 0 Å². The highest BCUT2D eigenvalue weighted by Gasteiger charge is 2.15. The lowest BCUT2D eigenvalue weighted by molar-refractivity contribution is 0.275. The third-order valence-corrected chi connectivity index (χ3v) is 7.67. The van der Waals surface area contributed by atoms with E-state index in [0.717, 1.165) is 5.49 Å². The van der Waals surface area contributed by atoms with E-state index in [-0.39, 0.29) is 5.01 Å². The summed E-state index contributed by atoms with van der Waals surface area (Å²) in [5.41, 5.74) is 0.866. The molecule has 2 rings (SSSR count). The maximum absolute atomic E-state index is 11.5. The molecule has 0 unspecified atom stereocenters. The third-order valence-electron chi connectivity index (χ3n) is 2.60. The molecule has 19 heavy (non-hydrogen) atoms. The van der Waals surface area contributed by atoms with Crippen LogP contribution in [0.15, 0.2) is 60.7 Å². The van der Waals surface area contributed by atoms with Gasteiger partial charge in [-0.2, -0.15) is 0 Å². The van der Waals surface area contributed by atoms with Crippen molar-refractivity contribution in [1.29, 1.82) is 0 Å². The van der Waals surface area contributed by atoms with Crippen molar-refractivity contribution in [2.45, 2.75) is 0 Å². The molecule has 0 heterocycles. The second-order valence-electron chi connectivity index (χ2n) is 3.88. The van der Waals surface area contributed by atoms with Crippen molar-refractivity contribution < 1.29 is 4.79 Å². The topological polar surface area (TPSA) is 17.1 Å². The average Bonchev–Trinajstić information content (AvgIpc) is 2.49. The van der Waals surface area contributed by atoms with E-state index in [1.807, 2.05) is 12.1 Å². The lowest BCUT2D eigenvalue weighted by Gasteiger charge is -2.17.